The summed E-state index contributed by atoms with van der Waals surface area (Å²) in [7, 11) is 0. The van der Waals surface area contributed by atoms with Gasteiger partial charge in [-0.1, -0.05) is 35.5 Å². The van der Waals surface area contributed by atoms with Crippen molar-refractivity contribution in [2.75, 3.05) is 0 Å². The van der Waals surface area contributed by atoms with Crippen molar-refractivity contribution in [3.8, 4) is 0 Å². The van der Waals surface area contributed by atoms with E-state index in [1.807, 2.05) is 12.1 Å². The number of hydrogen-bond donors (Lipinski definition) is 2. The minimum absolute atomic E-state index is 0.118. The van der Waals surface area contributed by atoms with Crippen LogP contribution >= 0.6 is 11.8 Å². The average molecular weight is 270 g/mol. The minimum Gasteiger partial charge on any atom is -0.384 e. The van der Waals surface area contributed by atoms with Crippen molar-refractivity contribution < 1.29 is 0 Å². The third kappa shape index (κ3) is 3.18. The number of rotatable bonds is 3. The molecule has 0 fully saturated rings. The molecule has 3 heteroatoms. The summed E-state index contributed by atoms with van der Waals surface area (Å²) >= 11 is 1.67. The van der Waals surface area contributed by atoms with Gasteiger partial charge in [0.05, 0.1) is 0 Å². The zero-order chi connectivity index (χ0) is 14.0. The molecule has 2 aromatic rings. The van der Waals surface area contributed by atoms with Gasteiger partial charge in [-0.2, -0.15) is 0 Å². The fourth-order valence-corrected chi connectivity index (χ4v) is 3.09. The third-order valence-electron chi connectivity index (χ3n) is 2.98. The van der Waals surface area contributed by atoms with Crippen LogP contribution in [-0.4, -0.2) is 5.84 Å². The van der Waals surface area contributed by atoms with Crippen molar-refractivity contribution >= 4 is 17.6 Å². The molecular weight excluding hydrogens is 252 g/mol. The molecule has 98 valence electrons. The first-order valence-electron chi connectivity index (χ1n) is 6.17. The van der Waals surface area contributed by atoms with Crippen molar-refractivity contribution in [1.29, 1.82) is 5.41 Å². The molecule has 2 rings (SSSR count). The van der Waals surface area contributed by atoms with Crippen LogP contribution in [0.5, 0.6) is 0 Å². The first kappa shape index (κ1) is 13.7. The third-order valence-corrected chi connectivity index (χ3v) is 4.21. The van der Waals surface area contributed by atoms with Gasteiger partial charge < -0.3 is 5.73 Å². The van der Waals surface area contributed by atoms with Gasteiger partial charge in [0.15, 0.2) is 0 Å². The molecule has 0 unspecified atom stereocenters. The molecule has 0 heterocycles. The molecule has 0 aliphatic heterocycles. The summed E-state index contributed by atoms with van der Waals surface area (Å²) in [6, 6.07) is 12.4. The summed E-state index contributed by atoms with van der Waals surface area (Å²) in [6.07, 6.45) is 0. The number of hydrogen-bond acceptors (Lipinski definition) is 2. The molecule has 0 bridgehead atoms. The van der Waals surface area contributed by atoms with Gasteiger partial charge in [-0.15, -0.1) is 0 Å². The molecule has 0 saturated heterocycles. The van der Waals surface area contributed by atoms with E-state index in [1.54, 1.807) is 11.8 Å². The highest BCUT2D eigenvalue weighted by Gasteiger charge is 2.09. The van der Waals surface area contributed by atoms with Crippen molar-refractivity contribution in [2.24, 2.45) is 5.73 Å². The molecule has 19 heavy (non-hydrogen) atoms. The molecular formula is C16H18N2S. The number of nitrogens with two attached hydrogens (primary N) is 1. The van der Waals surface area contributed by atoms with Crippen LogP contribution in [0.3, 0.4) is 0 Å². The van der Waals surface area contributed by atoms with E-state index in [9.17, 15) is 0 Å². The Morgan fingerprint density at radius 2 is 1.58 bits per heavy atom. The Balaban J connectivity index is 2.42. The molecule has 0 saturated carbocycles. The summed E-state index contributed by atoms with van der Waals surface area (Å²) in [4.78, 5) is 2.25. The van der Waals surface area contributed by atoms with E-state index >= 15 is 0 Å². The topological polar surface area (TPSA) is 49.9 Å². The van der Waals surface area contributed by atoms with Crippen LogP contribution in [0.25, 0.3) is 0 Å². The molecule has 0 spiro atoms. The van der Waals surface area contributed by atoms with Gasteiger partial charge >= 0.3 is 0 Å². The van der Waals surface area contributed by atoms with E-state index in [0.29, 0.717) is 0 Å². The standard InChI is InChI=1S/C16H18N2S/c1-10-5-7-14(12(3)8-10)19-15-9-11(2)4-6-13(15)16(17)18/h4-9H,1-3H3,(H3,17,18). The first-order valence-corrected chi connectivity index (χ1v) is 6.99. The summed E-state index contributed by atoms with van der Waals surface area (Å²) in [5.74, 6) is 0.118. The summed E-state index contributed by atoms with van der Waals surface area (Å²) in [5, 5.41) is 7.66. The van der Waals surface area contributed by atoms with E-state index in [-0.39, 0.29) is 5.84 Å². The minimum atomic E-state index is 0.118. The lowest BCUT2D eigenvalue weighted by molar-refractivity contribution is 1.24. The lowest BCUT2D eigenvalue weighted by Crippen LogP contribution is -2.12. The largest absolute Gasteiger partial charge is 0.384 e. The molecule has 3 N–H and O–H groups in total. The summed E-state index contributed by atoms with van der Waals surface area (Å²) < 4.78 is 0. The van der Waals surface area contributed by atoms with Gasteiger partial charge in [-0.05, 0) is 50.1 Å². The predicted octanol–water partition coefficient (Wildman–Crippen LogP) is 4.05. The van der Waals surface area contributed by atoms with E-state index in [4.69, 9.17) is 11.1 Å². The Hall–Kier alpha value is -1.74. The summed E-state index contributed by atoms with van der Waals surface area (Å²) in [5.41, 5.74) is 10.1. The number of nitrogens with one attached hydrogen (secondary N) is 1. The zero-order valence-corrected chi connectivity index (χ0v) is 12.3. The van der Waals surface area contributed by atoms with Crippen LogP contribution in [0, 0.1) is 26.2 Å². The van der Waals surface area contributed by atoms with Crippen LogP contribution in [0.15, 0.2) is 46.2 Å². The molecule has 2 nitrogen and oxygen atoms in total. The molecule has 0 aromatic heterocycles. The van der Waals surface area contributed by atoms with Crippen molar-refractivity contribution in [2.45, 2.75) is 30.6 Å². The highest BCUT2D eigenvalue weighted by molar-refractivity contribution is 7.99. The maximum Gasteiger partial charge on any atom is 0.123 e. The predicted molar refractivity (Wildman–Crippen MR) is 82.2 cm³/mol. The van der Waals surface area contributed by atoms with Gasteiger partial charge in [0, 0.05) is 15.4 Å². The SMILES string of the molecule is Cc1ccc(Sc2cc(C)ccc2C(=N)N)c(C)c1. The molecule has 0 amide bonds. The lowest BCUT2D eigenvalue weighted by Gasteiger charge is -2.11. The van der Waals surface area contributed by atoms with Crippen molar-refractivity contribution in [3.05, 3.63) is 58.7 Å². The van der Waals surface area contributed by atoms with Crippen LogP contribution in [0.1, 0.15) is 22.3 Å². The van der Waals surface area contributed by atoms with E-state index < -0.39 is 0 Å². The van der Waals surface area contributed by atoms with Gasteiger partial charge in [0.1, 0.15) is 5.84 Å². The second-order valence-electron chi connectivity index (χ2n) is 4.78. The maximum absolute atomic E-state index is 7.66. The van der Waals surface area contributed by atoms with Crippen molar-refractivity contribution in [1.82, 2.24) is 0 Å². The molecule has 0 radical (unpaired) electrons. The maximum atomic E-state index is 7.66. The Bertz CT molecular complexity index is 633. The zero-order valence-electron chi connectivity index (χ0n) is 11.4. The average Bonchev–Trinajstić information content (AvgIpc) is 2.32. The van der Waals surface area contributed by atoms with Crippen LogP contribution in [0.4, 0.5) is 0 Å². The van der Waals surface area contributed by atoms with E-state index in [0.717, 1.165) is 10.5 Å². The fourth-order valence-electron chi connectivity index (χ4n) is 1.97. The highest BCUT2D eigenvalue weighted by atomic mass is 32.2. The Labute approximate surface area is 118 Å². The summed E-state index contributed by atoms with van der Waals surface area (Å²) in [6.45, 7) is 6.25. The fraction of sp³-hybridized carbons (Fsp3) is 0.188. The second kappa shape index (κ2) is 5.49. The van der Waals surface area contributed by atoms with Crippen LogP contribution < -0.4 is 5.73 Å². The van der Waals surface area contributed by atoms with E-state index in [1.165, 1.54) is 21.6 Å². The molecule has 0 atom stereocenters. The number of aryl methyl sites for hydroxylation is 3. The number of benzene rings is 2. The second-order valence-corrected chi connectivity index (χ2v) is 5.87. The van der Waals surface area contributed by atoms with Crippen LogP contribution in [0.2, 0.25) is 0 Å². The number of amidine groups is 1. The smallest absolute Gasteiger partial charge is 0.123 e. The van der Waals surface area contributed by atoms with Gasteiger partial charge in [-0.25, -0.2) is 0 Å². The van der Waals surface area contributed by atoms with Gasteiger partial charge in [0.2, 0.25) is 0 Å². The highest BCUT2D eigenvalue weighted by Crippen LogP contribution is 2.33. The van der Waals surface area contributed by atoms with Gasteiger partial charge in [0.25, 0.3) is 0 Å². The lowest BCUT2D eigenvalue weighted by atomic mass is 10.1. The van der Waals surface area contributed by atoms with Gasteiger partial charge in [-0.3, -0.25) is 5.41 Å². The first-order chi connectivity index (χ1) is 8.97. The Morgan fingerprint density at radius 1 is 0.947 bits per heavy atom. The quantitative estimate of drug-likeness (QED) is 0.653. The molecule has 0 aliphatic carbocycles. The molecule has 2 aromatic carbocycles. The normalized spacial score (nSPS) is 10.5. The van der Waals surface area contributed by atoms with Crippen molar-refractivity contribution in [3.63, 3.8) is 0 Å². The monoisotopic (exact) mass is 270 g/mol. The van der Waals surface area contributed by atoms with Crippen LogP contribution in [-0.2, 0) is 0 Å². The van der Waals surface area contributed by atoms with E-state index in [2.05, 4.69) is 45.0 Å². The Kier molecular flexibility index (Phi) is 3.96. The Morgan fingerprint density at radius 3 is 2.21 bits per heavy atom. The number of nitrogen functional groups attached to an aromatic ring is 1. The molecule has 0 aliphatic rings.